The van der Waals surface area contributed by atoms with E-state index in [4.69, 9.17) is 0 Å². The predicted molar refractivity (Wildman–Crippen MR) is 328 cm³/mol. The van der Waals surface area contributed by atoms with E-state index in [0.29, 0.717) is 52.0 Å². The van der Waals surface area contributed by atoms with Crippen LogP contribution in [0.25, 0.3) is 0 Å². The van der Waals surface area contributed by atoms with E-state index in [1.54, 1.807) is 10.8 Å². The number of amides is 2. The number of nitrogens with one attached hydrogen (secondary N) is 2. The van der Waals surface area contributed by atoms with Crippen LogP contribution in [0, 0.1) is 0 Å². The molecule has 0 heterocycles. The number of carbonyl (C=O) groups excluding carboxylic acids is 2. The Balaban J connectivity index is 5.18. The van der Waals surface area contributed by atoms with Gasteiger partial charge < -0.3 is 36.0 Å². The van der Waals surface area contributed by atoms with Crippen LogP contribution >= 0.6 is 21.6 Å². The van der Waals surface area contributed by atoms with E-state index >= 15 is 0 Å². The van der Waals surface area contributed by atoms with Gasteiger partial charge in [0.2, 0.25) is 11.8 Å². The van der Waals surface area contributed by atoms with Crippen LogP contribution in [0.1, 0.15) is 278 Å². The highest BCUT2D eigenvalue weighted by Crippen LogP contribution is 2.24. The molecule has 0 fully saturated rings. The molecule has 0 aromatic rings. The summed E-state index contributed by atoms with van der Waals surface area (Å²) in [5.41, 5.74) is 0. The van der Waals surface area contributed by atoms with Crippen molar-refractivity contribution in [1.29, 1.82) is 0 Å². The Labute approximate surface area is 473 Å². The summed E-state index contributed by atoms with van der Waals surface area (Å²) < 4.78 is 0. The third-order valence-corrected chi connectivity index (χ3v) is 17.4. The van der Waals surface area contributed by atoms with Crippen LogP contribution in [0.15, 0.2) is 0 Å². The first-order valence-corrected chi connectivity index (χ1v) is 34.6. The molecule has 75 heavy (non-hydrogen) atoms. The molecule has 0 saturated carbocycles. The van der Waals surface area contributed by atoms with Crippen molar-refractivity contribution >= 4 is 33.4 Å². The van der Waals surface area contributed by atoms with Gasteiger partial charge in [-0.1, -0.05) is 229 Å². The van der Waals surface area contributed by atoms with Crippen LogP contribution in [0.2, 0.25) is 0 Å². The average molecular weight is 1100 g/mol. The molecule has 0 aliphatic carbocycles. The highest BCUT2D eigenvalue weighted by atomic mass is 33.1. The van der Waals surface area contributed by atoms with Crippen LogP contribution in [-0.4, -0.2) is 155 Å². The molecular weight excluding hydrogens is 975 g/mol. The molecule has 0 aliphatic rings. The topological polar surface area (TPSA) is 149 Å². The van der Waals surface area contributed by atoms with Gasteiger partial charge in [0, 0.05) is 50.7 Å². The molecule has 13 heteroatoms. The van der Waals surface area contributed by atoms with E-state index in [0.717, 1.165) is 121 Å². The molecule has 0 aliphatic heterocycles. The summed E-state index contributed by atoms with van der Waals surface area (Å²) in [5.74, 6) is 1.51. The molecule has 0 spiro atoms. The second-order valence-corrected chi connectivity index (χ2v) is 25.6. The smallest absolute Gasteiger partial charge is 0.242 e. The summed E-state index contributed by atoms with van der Waals surface area (Å²) in [5, 5.41) is 50.3. The zero-order chi connectivity index (χ0) is 55.3. The Hall–Kier alpha value is -0.640. The minimum absolute atomic E-state index is 0.103. The minimum Gasteiger partial charge on any atom is -0.392 e. The van der Waals surface area contributed by atoms with Gasteiger partial charge in [0.15, 0.2) is 0 Å². The first-order valence-electron chi connectivity index (χ1n) is 32.1. The maximum Gasteiger partial charge on any atom is 0.242 e. The van der Waals surface area contributed by atoms with E-state index in [2.05, 4.69) is 53.0 Å². The quantitative estimate of drug-likeness (QED) is 0.0255. The van der Waals surface area contributed by atoms with Gasteiger partial charge in [-0.2, -0.15) is 0 Å². The second kappa shape index (κ2) is 56.6. The fourth-order valence-electron chi connectivity index (χ4n) is 10.1. The van der Waals surface area contributed by atoms with E-state index < -0.39 is 18.2 Å². The van der Waals surface area contributed by atoms with Crippen molar-refractivity contribution in [3.8, 4) is 0 Å². The normalized spacial score (nSPS) is 14.0. The number of nitrogens with zero attached hydrogens (tertiary/aromatic N) is 3. The standard InChI is InChI=1S/C62H127N5O6S2/c1-7-11-15-19-23-25-29-33-42-58(70)54-67(55-59(71)43-34-30-26-24-20-16-12-8-2)49-37-38-50-74-75-51-45-60(62(73)63-46-39-47-65(5)6)64-61(72)44-35-36-48-66(52-56(68)40-31-27-21-17-13-9-3)53-57(69)41-32-28-22-18-14-10-4/h56-60,68-71H,7-55H2,1-6H3,(H,63,73)(H,64,72). The Morgan fingerprint density at radius 2 is 0.747 bits per heavy atom. The number of carbonyl (C=O) groups is 2. The van der Waals surface area contributed by atoms with Gasteiger partial charge in [-0.25, -0.2) is 0 Å². The number of unbranched alkanes of at least 4 members (excludes halogenated alkanes) is 26. The lowest BCUT2D eigenvalue weighted by molar-refractivity contribution is -0.129. The molecule has 0 bridgehead atoms. The maximum atomic E-state index is 13.5. The van der Waals surface area contributed by atoms with Gasteiger partial charge in [-0.3, -0.25) is 19.4 Å². The predicted octanol–water partition coefficient (Wildman–Crippen LogP) is 13.9. The third-order valence-electron chi connectivity index (χ3n) is 14.8. The zero-order valence-electron chi connectivity index (χ0n) is 50.3. The van der Waals surface area contributed by atoms with E-state index in [9.17, 15) is 30.0 Å². The summed E-state index contributed by atoms with van der Waals surface area (Å²) in [4.78, 5) is 33.5. The molecule has 0 aromatic heterocycles. The molecule has 5 unspecified atom stereocenters. The van der Waals surface area contributed by atoms with Crippen molar-refractivity contribution < 1.29 is 30.0 Å². The van der Waals surface area contributed by atoms with Crippen LogP contribution in [0.5, 0.6) is 0 Å². The highest BCUT2D eigenvalue weighted by molar-refractivity contribution is 8.76. The zero-order valence-corrected chi connectivity index (χ0v) is 51.9. The van der Waals surface area contributed by atoms with Crippen molar-refractivity contribution in [1.82, 2.24) is 25.3 Å². The van der Waals surface area contributed by atoms with Crippen LogP contribution in [-0.2, 0) is 9.59 Å². The van der Waals surface area contributed by atoms with Crippen LogP contribution < -0.4 is 10.6 Å². The van der Waals surface area contributed by atoms with Gasteiger partial charge in [0.1, 0.15) is 6.04 Å². The largest absolute Gasteiger partial charge is 0.392 e. The maximum absolute atomic E-state index is 13.5. The molecule has 448 valence electrons. The van der Waals surface area contributed by atoms with Gasteiger partial charge in [0.25, 0.3) is 0 Å². The molecule has 0 rings (SSSR count). The average Bonchev–Trinajstić information content (AvgIpc) is 3.37. The second-order valence-electron chi connectivity index (χ2n) is 22.9. The van der Waals surface area contributed by atoms with E-state index in [1.807, 2.05) is 24.9 Å². The van der Waals surface area contributed by atoms with Crippen molar-refractivity contribution in [2.45, 2.75) is 309 Å². The minimum atomic E-state index is -0.585. The van der Waals surface area contributed by atoms with Gasteiger partial charge >= 0.3 is 0 Å². The van der Waals surface area contributed by atoms with Gasteiger partial charge in [-0.05, 0) is 97.9 Å². The van der Waals surface area contributed by atoms with Crippen LogP contribution in [0.4, 0.5) is 0 Å². The SMILES string of the molecule is CCCCCCCCCCC(O)CN(CCCCSSCCC(NC(=O)CCCCN(CC(O)CCCCCCCC)CC(O)CCCCCCCC)C(=O)NCCCN(C)C)CC(O)CCCCCCCCCC. The Bertz CT molecular complexity index is 1160. The fraction of sp³-hybridized carbons (Fsp3) is 0.968. The molecule has 0 saturated heterocycles. The fourth-order valence-corrected chi connectivity index (χ4v) is 12.3. The Morgan fingerprint density at radius 1 is 0.400 bits per heavy atom. The monoisotopic (exact) mass is 1100 g/mol. The highest BCUT2D eigenvalue weighted by Gasteiger charge is 2.22. The van der Waals surface area contributed by atoms with Gasteiger partial charge in [-0.15, -0.1) is 0 Å². The molecule has 2 amide bonds. The van der Waals surface area contributed by atoms with Crippen molar-refractivity contribution in [2.24, 2.45) is 0 Å². The lowest BCUT2D eigenvalue weighted by Crippen LogP contribution is -2.47. The molecular formula is C62H127N5O6S2. The van der Waals surface area contributed by atoms with Crippen molar-refractivity contribution in [2.75, 3.05) is 78.0 Å². The number of rotatable bonds is 60. The van der Waals surface area contributed by atoms with E-state index in [-0.39, 0.29) is 24.0 Å². The molecule has 5 atom stereocenters. The number of hydrogen-bond acceptors (Lipinski definition) is 11. The molecule has 11 nitrogen and oxygen atoms in total. The summed E-state index contributed by atoms with van der Waals surface area (Å²) in [6.45, 7) is 14.4. The van der Waals surface area contributed by atoms with Gasteiger partial charge in [0.05, 0.1) is 24.4 Å². The number of hydrogen-bond donors (Lipinski definition) is 6. The first-order chi connectivity index (χ1) is 36.4. The van der Waals surface area contributed by atoms with E-state index in [1.165, 1.54) is 141 Å². The molecule has 6 N–H and O–H groups in total. The van der Waals surface area contributed by atoms with Crippen LogP contribution in [0.3, 0.4) is 0 Å². The first kappa shape index (κ1) is 74.4. The summed E-state index contributed by atoms with van der Waals surface area (Å²) >= 11 is 0. The summed E-state index contributed by atoms with van der Waals surface area (Å²) in [6, 6.07) is -0.585. The third kappa shape index (κ3) is 52.5. The number of aliphatic hydroxyl groups is 4. The summed E-state index contributed by atoms with van der Waals surface area (Å²) in [7, 11) is 7.65. The molecule has 0 aromatic carbocycles. The molecule has 0 radical (unpaired) electrons. The van der Waals surface area contributed by atoms with Crippen molar-refractivity contribution in [3.63, 3.8) is 0 Å². The lowest BCUT2D eigenvalue weighted by Gasteiger charge is -2.27. The summed E-state index contributed by atoms with van der Waals surface area (Å²) in [6.07, 6.45) is 41.4. The lowest BCUT2D eigenvalue weighted by atomic mass is 10.0. The Kier molecular flexibility index (Phi) is 56.1. The van der Waals surface area contributed by atoms with Crippen molar-refractivity contribution in [3.05, 3.63) is 0 Å². The Morgan fingerprint density at radius 3 is 1.12 bits per heavy atom. The number of aliphatic hydroxyl groups excluding tert-OH is 4.